The van der Waals surface area contributed by atoms with Gasteiger partial charge in [0.15, 0.2) is 6.10 Å². The van der Waals surface area contributed by atoms with Crippen molar-refractivity contribution < 1.29 is 9.53 Å². The molecule has 1 amide bonds. The number of rotatable bonds is 6. The van der Waals surface area contributed by atoms with Gasteiger partial charge in [-0.05, 0) is 36.4 Å². The van der Waals surface area contributed by atoms with Crippen LogP contribution in [0, 0.1) is 5.41 Å². The van der Waals surface area contributed by atoms with Gasteiger partial charge in [-0.1, -0.05) is 32.0 Å². The van der Waals surface area contributed by atoms with E-state index in [1.165, 1.54) is 0 Å². The largest absolute Gasteiger partial charge is 0.480 e. The van der Waals surface area contributed by atoms with Crippen molar-refractivity contribution in [2.75, 3.05) is 13.1 Å². The average molecular weight is 276 g/mol. The summed E-state index contributed by atoms with van der Waals surface area (Å²) in [5.41, 5.74) is 6.71. The number of nitrogens with two attached hydrogens (primary N) is 1. The van der Waals surface area contributed by atoms with Crippen molar-refractivity contribution in [1.29, 1.82) is 0 Å². The smallest absolute Gasteiger partial charge is 0.261 e. The first-order chi connectivity index (χ1) is 9.52. The third-order valence-electron chi connectivity index (χ3n) is 3.74. The molecule has 2 rings (SSSR count). The normalized spacial score (nSPS) is 17.4. The Morgan fingerprint density at radius 1 is 1.45 bits per heavy atom. The number of hydrogen-bond donors (Lipinski definition) is 2. The summed E-state index contributed by atoms with van der Waals surface area (Å²) < 4.78 is 5.68. The molecule has 0 saturated carbocycles. The van der Waals surface area contributed by atoms with Gasteiger partial charge in [0.05, 0.1) is 0 Å². The highest BCUT2D eigenvalue weighted by molar-refractivity contribution is 5.82. The van der Waals surface area contributed by atoms with Gasteiger partial charge < -0.3 is 15.8 Å². The Balaban J connectivity index is 1.82. The van der Waals surface area contributed by atoms with Crippen LogP contribution in [0.15, 0.2) is 24.3 Å². The van der Waals surface area contributed by atoms with Crippen LogP contribution < -0.4 is 15.8 Å². The summed E-state index contributed by atoms with van der Waals surface area (Å²) in [5, 5.41) is 3.00. The van der Waals surface area contributed by atoms with Gasteiger partial charge in [-0.3, -0.25) is 4.79 Å². The molecule has 1 aromatic carbocycles. The number of ether oxygens (including phenoxy) is 1. The molecule has 1 aliphatic rings. The van der Waals surface area contributed by atoms with Gasteiger partial charge in [-0.15, -0.1) is 0 Å². The lowest BCUT2D eigenvalue weighted by molar-refractivity contribution is -0.127. The van der Waals surface area contributed by atoms with Gasteiger partial charge in [-0.2, -0.15) is 0 Å². The van der Waals surface area contributed by atoms with E-state index in [1.54, 1.807) is 0 Å². The van der Waals surface area contributed by atoms with Crippen LogP contribution in [0.3, 0.4) is 0 Å². The van der Waals surface area contributed by atoms with Crippen LogP contribution in [0.1, 0.15) is 32.3 Å². The Labute approximate surface area is 120 Å². The first kappa shape index (κ1) is 14.9. The second kappa shape index (κ2) is 6.27. The Hall–Kier alpha value is -1.55. The van der Waals surface area contributed by atoms with Crippen molar-refractivity contribution in [2.24, 2.45) is 11.1 Å². The molecule has 1 heterocycles. The lowest BCUT2D eigenvalue weighted by Crippen LogP contribution is -2.42. The monoisotopic (exact) mass is 276 g/mol. The average Bonchev–Trinajstić information content (AvgIpc) is 2.86. The zero-order valence-corrected chi connectivity index (χ0v) is 12.3. The quantitative estimate of drug-likeness (QED) is 0.833. The zero-order chi connectivity index (χ0) is 14.6. The lowest BCUT2D eigenvalue weighted by Gasteiger charge is -2.25. The van der Waals surface area contributed by atoms with E-state index in [9.17, 15) is 4.79 Å². The molecule has 1 aliphatic heterocycles. The number of para-hydroxylation sites is 1. The van der Waals surface area contributed by atoms with Crippen LogP contribution in [-0.2, 0) is 11.2 Å². The van der Waals surface area contributed by atoms with Crippen molar-refractivity contribution in [3.63, 3.8) is 0 Å². The van der Waals surface area contributed by atoms with Crippen LogP contribution in [0.25, 0.3) is 0 Å². The van der Waals surface area contributed by atoms with Crippen molar-refractivity contribution in [1.82, 2.24) is 5.32 Å². The minimum Gasteiger partial charge on any atom is -0.480 e. The minimum atomic E-state index is -0.391. The molecule has 1 aromatic rings. The molecule has 0 fully saturated rings. The van der Waals surface area contributed by atoms with Gasteiger partial charge in [0.2, 0.25) is 0 Å². The number of hydrogen-bond acceptors (Lipinski definition) is 3. The fourth-order valence-electron chi connectivity index (χ4n) is 2.44. The van der Waals surface area contributed by atoms with E-state index in [0.717, 1.165) is 24.2 Å². The van der Waals surface area contributed by atoms with Crippen molar-refractivity contribution in [3.05, 3.63) is 29.8 Å². The molecule has 4 nitrogen and oxygen atoms in total. The predicted molar refractivity (Wildman–Crippen MR) is 79.6 cm³/mol. The van der Waals surface area contributed by atoms with E-state index in [-0.39, 0.29) is 11.3 Å². The van der Waals surface area contributed by atoms with E-state index in [4.69, 9.17) is 10.5 Å². The summed E-state index contributed by atoms with van der Waals surface area (Å²) in [5.74, 6) is 0.803. The molecular weight excluding hydrogens is 252 g/mol. The highest BCUT2D eigenvalue weighted by atomic mass is 16.5. The Morgan fingerprint density at radius 2 is 2.20 bits per heavy atom. The maximum Gasteiger partial charge on any atom is 0.261 e. The molecule has 3 N–H and O–H groups in total. The number of nitrogens with one attached hydrogen (secondary N) is 1. The third-order valence-corrected chi connectivity index (χ3v) is 3.74. The van der Waals surface area contributed by atoms with E-state index >= 15 is 0 Å². The molecule has 0 aliphatic carbocycles. The lowest BCUT2D eigenvalue weighted by atomic mass is 9.87. The van der Waals surface area contributed by atoms with E-state index in [1.807, 2.05) is 24.3 Å². The maximum atomic E-state index is 12.2. The maximum absolute atomic E-state index is 12.2. The highest BCUT2D eigenvalue weighted by Gasteiger charge is 2.29. The summed E-state index contributed by atoms with van der Waals surface area (Å²) in [7, 11) is 0. The number of amides is 1. The molecule has 110 valence electrons. The molecular formula is C16H24N2O2. The molecule has 0 aromatic heterocycles. The summed E-state index contributed by atoms with van der Waals surface area (Å²) in [4.78, 5) is 12.2. The summed E-state index contributed by atoms with van der Waals surface area (Å²) in [6, 6.07) is 7.81. The summed E-state index contributed by atoms with van der Waals surface area (Å²) in [6.07, 6.45) is 2.26. The van der Waals surface area contributed by atoms with Gasteiger partial charge in [0, 0.05) is 13.0 Å². The topological polar surface area (TPSA) is 64.3 Å². The van der Waals surface area contributed by atoms with Crippen molar-refractivity contribution >= 4 is 5.91 Å². The van der Waals surface area contributed by atoms with Crippen molar-refractivity contribution in [2.45, 2.75) is 39.2 Å². The summed E-state index contributed by atoms with van der Waals surface area (Å²) in [6.45, 7) is 5.64. The zero-order valence-electron chi connectivity index (χ0n) is 12.3. The molecule has 1 unspecified atom stereocenters. The van der Waals surface area contributed by atoms with E-state index < -0.39 is 6.10 Å². The van der Waals surface area contributed by atoms with Crippen molar-refractivity contribution in [3.8, 4) is 5.75 Å². The van der Waals surface area contributed by atoms with Crippen LogP contribution in [-0.4, -0.2) is 25.1 Å². The Morgan fingerprint density at radius 3 is 2.90 bits per heavy atom. The molecule has 0 radical (unpaired) electrons. The second-order valence-corrected chi connectivity index (χ2v) is 6.19. The predicted octanol–water partition coefficient (Wildman–Crippen LogP) is 1.87. The number of fused-ring (bicyclic) bond motifs is 1. The third kappa shape index (κ3) is 3.73. The van der Waals surface area contributed by atoms with Gasteiger partial charge in [-0.25, -0.2) is 0 Å². The highest BCUT2D eigenvalue weighted by Crippen LogP contribution is 2.28. The second-order valence-electron chi connectivity index (χ2n) is 6.19. The first-order valence-corrected chi connectivity index (χ1v) is 7.24. The summed E-state index contributed by atoms with van der Waals surface area (Å²) >= 11 is 0. The molecule has 0 bridgehead atoms. The molecule has 20 heavy (non-hydrogen) atoms. The number of carbonyl (C=O) groups excluding carboxylic acids is 1. The minimum absolute atomic E-state index is 0.0259. The van der Waals surface area contributed by atoms with Crippen LogP contribution in [0.5, 0.6) is 5.75 Å². The van der Waals surface area contributed by atoms with Gasteiger partial charge in [0.1, 0.15) is 5.75 Å². The van der Waals surface area contributed by atoms with Crippen LogP contribution in [0.2, 0.25) is 0 Å². The SMILES string of the molecule is CC(C)(CCCN)CNC(=O)C1Cc2ccccc2O1. The fraction of sp³-hybridized carbons (Fsp3) is 0.562. The standard InChI is InChI=1S/C16H24N2O2/c1-16(2,8-5-9-17)11-18-15(19)14-10-12-6-3-4-7-13(12)20-14/h3-4,6-7,14H,5,8-11,17H2,1-2H3,(H,18,19). The van der Waals surface area contributed by atoms with Gasteiger partial charge in [0.25, 0.3) is 5.91 Å². The number of carbonyl (C=O) groups is 1. The molecule has 1 atom stereocenters. The van der Waals surface area contributed by atoms with Crippen LogP contribution in [0.4, 0.5) is 0 Å². The molecule has 0 spiro atoms. The fourth-order valence-corrected chi connectivity index (χ4v) is 2.44. The number of benzene rings is 1. The molecule has 0 saturated heterocycles. The Bertz CT molecular complexity index is 446. The molecule has 4 heteroatoms. The van der Waals surface area contributed by atoms with Crippen LogP contribution >= 0.6 is 0 Å². The van der Waals surface area contributed by atoms with E-state index in [0.29, 0.717) is 19.5 Å². The van der Waals surface area contributed by atoms with Gasteiger partial charge >= 0.3 is 0 Å². The Kier molecular flexibility index (Phi) is 4.65. The first-order valence-electron chi connectivity index (χ1n) is 7.24. The van der Waals surface area contributed by atoms with E-state index in [2.05, 4.69) is 19.2 Å².